The molecule has 56 heavy (non-hydrogen) atoms. The van der Waals surface area contributed by atoms with E-state index in [2.05, 4.69) is 43.5 Å². The van der Waals surface area contributed by atoms with Crippen molar-refractivity contribution < 1.29 is 24.2 Å². The van der Waals surface area contributed by atoms with Crippen molar-refractivity contribution in [3.05, 3.63) is 24.3 Å². The van der Waals surface area contributed by atoms with Gasteiger partial charge in [-0.25, -0.2) is 4.79 Å². The van der Waals surface area contributed by atoms with Gasteiger partial charge in [-0.2, -0.15) is 0 Å². The number of rotatable bonds is 44. The van der Waals surface area contributed by atoms with Gasteiger partial charge in [0.05, 0.1) is 0 Å². The molecule has 0 rings (SSSR count). The summed E-state index contributed by atoms with van der Waals surface area (Å²) in [6, 6.07) is -0.854. The minimum Gasteiger partial charge on any atom is -0.480 e. The summed E-state index contributed by atoms with van der Waals surface area (Å²) < 4.78 is 5.96. The Labute approximate surface area is 346 Å². The summed E-state index contributed by atoms with van der Waals surface area (Å²) in [5, 5.41) is 11.9. The fraction of sp³-hybridized carbons (Fsp3) is 0.857. The number of nitrogens with one attached hydrogen (secondary N) is 1. The van der Waals surface area contributed by atoms with Gasteiger partial charge >= 0.3 is 11.9 Å². The largest absolute Gasteiger partial charge is 0.480 e. The van der Waals surface area contributed by atoms with Gasteiger partial charge in [0.15, 0.2) is 0 Å². The van der Waals surface area contributed by atoms with Gasteiger partial charge < -0.3 is 20.9 Å². The number of ether oxygens (including phenoxy) is 1. The number of esters is 1. The number of carboxylic acids is 1. The van der Waals surface area contributed by atoms with Gasteiger partial charge in [0.1, 0.15) is 12.1 Å². The molecule has 328 valence electrons. The molecule has 0 saturated carbocycles. The molecule has 0 fully saturated rings. The van der Waals surface area contributed by atoms with E-state index >= 15 is 0 Å². The van der Waals surface area contributed by atoms with E-state index in [9.17, 15) is 19.5 Å². The standard InChI is InChI=1S/C49H92N2O5/c1-3-5-7-9-11-13-14-15-16-17-18-19-20-21-22-23-24-25-27-33-37-43-48(53)56-45(39-34-30-26-12-10-8-6-4-2)40-35-31-28-29-32-36-42-47(52)51-46(49(54)55)41-38-44-50/h12,26,34,39,45-46H,3-11,13-25,27-33,35-38,40-44,50H2,1-2H3,(H,51,52)(H,54,55)/b26-12-,39-34-. The highest BCUT2D eigenvalue weighted by Crippen LogP contribution is 2.17. The Bertz CT molecular complexity index is 935. The Kier molecular flexibility index (Phi) is 42.3. The molecule has 4 N–H and O–H groups in total. The predicted molar refractivity (Wildman–Crippen MR) is 239 cm³/mol. The third kappa shape index (κ3) is 40.1. The SMILES string of the molecule is CCCCC/C=C\C/C=C\C(CCCCCCCCC(=O)NC(CCCN)C(=O)O)OC(=O)CCCCCCCCCCCCCCCCCCCCCCC. The number of unbranched alkanes of at least 4 members (excludes halogenated alkanes) is 28. The minimum atomic E-state index is -1.00. The van der Waals surface area contributed by atoms with Gasteiger partial charge in [-0.1, -0.05) is 199 Å². The van der Waals surface area contributed by atoms with Gasteiger partial charge in [-0.15, -0.1) is 0 Å². The number of nitrogens with two attached hydrogens (primary N) is 1. The zero-order chi connectivity index (χ0) is 41.0. The first-order chi connectivity index (χ1) is 27.4. The lowest BCUT2D eigenvalue weighted by Gasteiger charge is -2.15. The number of amides is 1. The summed E-state index contributed by atoms with van der Waals surface area (Å²) in [6.45, 7) is 4.93. The number of aliphatic carboxylic acids is 1. The zero-order valence-corrected chi connectivity index (χ0v) is 37.0. The third-order valence-electron chi connectivity index (χ3n) is 11.0. The zero-order valence-electron chi connectivity index (χ0n) is 37.0. The van der Waals surface area contributed by atoms with E-state index in [4.69, 9.17) is 10.5 Å². The normalized spacial score (nSPS) is 12.8. The lowest BCUT2D eigenvalue weighted by Crippen LogP contribution is -2.40. The van der Waals surface area contributed by atoms with E-state index in [1.807, 2.05) is 0 Å². The van der Waals surface area contributed by atoms with Gasteiger partial charge in [0, 0.05) is 12.8 Å². The molecule has 2 atom stereocenters. The molecule has 0 heterocycles. The number of allylic oxidation sites excluding steroid dienone is 3. The molecule has 0 aromatic heterocycles. The van der Waals surface area contributed by atoms with Crippen LogP contribution in [0.15, 0.2) is 24.3 Å². The molecule has 0 aliphatic heterocycles. The Morgan fingerprint density at radius 3 is 1.46 bits per heavy atom. The van der Waals surface area contributed by atoms with Crippen LogP contribution in [0.2, 0.25) is 0 Å². The molecule has 1 amide bonds. The van der Waals surface area contributed by atoms with E-state index in [-0.39, 0.29) is 18.0 Å². The van der Waals surface area contributed by atoms with E-state index in [0.717, 1.165) is 70.6 Å². The molecule has 0 bridgehead atoms. The molecule has 2 unspecified atom stereocenters. The van der Waals surface area contributed by atoms with Crippen molar-refractivity contribution in [1.29, 1.82) is 0 Å². The number of hydrogen-bond acceptors (Lipinski definition) is 5. The maximum absolute atomic E-state index is 12.8. The Balaban J connectivity index is 4.10. The molecule has 0 saturated heterocycles. The molecule has 7 heteroatoms. The van der Waals surface area contributed by atoms with Crippen LogP contribution in [0.3, 0.4) is 0 Å². The Hall–Kier alpha value is -2.15. The molecule has 0 spiro atoms. The summed E-state index contributed by atoms with van der Waals surface area (Å²) in [7, 11) is 0. The van der Waals surface area contributed by atoms with E-state index < -0.39 is 12.0 Å². The van der Waals surface area contributed by atoms with Crippen LogP contribution in [-0.4, -0.2) is 41.6 Å². The summed E-state index contributed by atoms with van der Waals surface area (Å²) in [4.78, 5) is 36.3. The van der Waals surface area contributed by atoms with Crippen molar-refractivity contribution in [2.45, 2.75) is 264 Å². The highest BCUT2D eigenvalue weighted by molar-refractivity contribution is 5.83. The average molecular weight is 789 g/mol. The number of carbonyl (C=O) groups is 3. The number of carbonyl (C=O) groups excluding carboxylic acids is 2. The quantitative estimate of drug-likeness (QED) is 0.0321. The summed E-state index contributed by atoms with van der Waals surface area (Å²) >= 11 is 0. The Morgan fingerprint density at radius 2 is 0.982 bits per heavy atom. The lowest BCUT2D eigenvalue weighted by atomic mass is 10.0. The second-order valence-electron chi connectivity index (χ2n) is 16.5. The van der Waals surface area contributed by atoms with Crippen LogP contribution in [0.5, 0.6) is 0 Å². The molecule has 0 aromatic carbocycles. The third-order valence-corrected chi connectivity index (χ3v) is 11.0. The van der Waals surface area contributed by atoms with Gasteiger partial charge in [0.2, 0.25) is 5.91 Å². The first-order valence-corrected chi connectivity index (χ1v) is 24.2. The van der Waals surface area contributed by atoms with Crippen molar-refractivity contribution in [1.82, 2.24) is 5.32 Å². The maximum atomic E-state index is 12.8. The van der Waals surface area contributed by atoms with Crippen molar-refractivity contribution >= 4 is 17.8 Å². The van der Waals surface area contributed by atoms with Crippen LogP contribution in [0.25, 0.3) is 0 Å². The van der Waals surface area contributed by atoms with Crippen LogP contribution < -0.4 is 11.1 Å². The van der Waals surface area contributed by atoms with Crippen molar-refractivity contribution in [3.8, 4) is 0 Å². The lowest BCUT2D eigenvalue weighted by molar-refractivity contribution is -0.147. The summed E-state index contributed by atoms with van der Waals surface area (Å²) in [6.07, 6.45) is 51.2. The predicted octanol–water partition coefficient (Wildman–Crippen LogP) is 14.0. The molecule has 0 aliphatic rings. The highest BCUT2D eigenvalue weighted by Gasteiger charge is 2.18. The molecular formula is C49H92N2O5. The van der Waals surface area contributed by atoms with Gasteiger partial charge in [0.25, 0.3) is 0 Å². The smallest absolute Gasteiger partial charge is 0.326 e. The van der Waals surface area contributed by atoms with E-state index in [1.54, 1.807) is 0 Å². The second-order valence-corrected chi connectivity index (χ2v) is 16.5. The van der Waals surface area contributed by atoms with Gasteiger partial charge in [-0.05, 0) is 70.4 Å². The monoisotopic (exact) mass is 789 g/mol. The molecule has 7 nitrogen and oxygen atoms in total. The molecular weight excluding hydrogens is 697 g/mol. The van der Waals surface area contributed by atoms with Crippen molar-refractivity contribution in [2.24, 2.45) is 5.73 Å². The Morgan fingerprint density at radius 1 is 0.536 bits per heavy atom. The van der Waals surface area contributed by atoms with E-state index in [0.29, 0.717) is 32.2 Å². The van der Waals surface area contributed by atoms with Gasteiger partial charge in [-0.3, -0.25) is 9.59 Å². The average Bonchev–Trinajstić information content (AvgIpc) is 3.18. The first-order valence-electron chi connectivity index (χ1n) is 24.2. The van der Waals surface area contributed by atoms with E-state index in [1.165, 1.54) is 141 Å². The summed E-state index contributed by atoms with van der Waals surface area (Å²) in [5.41, 5.74) is 5.48. The number of hydrogen-bond donors (Lipinski definition) is 3. The van der Waals surface area contributed by atoms with Crippen LogP contribution >= 0.6 is 0 Å². The summed E-state index contributed by atoms with van der Waals surface area (Å²) in [5.74, 6) is -1.28. The minimum absolute atomic E-state index is 0.0704. The fourth-order valence-electron chi connectivity index (χ4n) is 7.34. The van der Waals surface area contributed by atoms with Crippen LogP contribution in [0, 0.1) is 0 Å². The van der Waals surface area contributed by atoms with Crippen molar-refractivity contribution in [3.63, 3.8) is 0 Å². The van der Waals surface area contributed by atoms with Crippen molar-refractivity contribution in [2.75, 3.05) is 6.54 Å². The molecule has 0 aliphatic carbocycles. The van der Waals surface area contributed by atoms with Crippen LogP contribution in [0.1, 0.15) is 251 Å². The van der Waals surface area contributed by atoms with Crippen LogP contribution in [0.4, 0.5) is 0 Å². The highest BCUT2D eigenvalue weighted by atomic mass is 16.5. The topological polar surface area (TPSA) is 119 Å². The molecule has 0 aromatic rings. The first kappa shape index (κ1) is 53.9. The maximum Gasteiger partial charge on any atom is 0.326 e. The molecule has 0 radical (unpaired) electrons. The second kappa shape index (κ2) is 44.0. The fourth-order valence-corrected chi connectivity index (χ4v) is 7.34. The van der Waals surface area contributed by atoms with Crippen LogP contribution in [-0.2, 0) is 19.1 Å². The number of carboxylic acid groups (broad SMARTS) is 1.